The van der Waals surface area contributed by atoms with E-state index in [2.05, 4.69) is 4.98 Å². The summed E-state index contributed by atoms with van der Waals surface area (Å²) < 4.78 is 0. The minimum Gasteiger partial charge on any atom is -0.375 e. The topological polar surface area (TPSA) is 114 Å². The lowest BCUT2D eigenvalue weighted by Crippen LogP contribution is -2.41. The fourth-order valence-corrected chi connectivity index (χ4v) is 2.99. The molecule has 3 rings (SSSR count). The number of ketones is 1. The average molecular weight is 341 g/mol. The first-order valence-electron chi connectivity index (χ1n) is 7.66. The summed E-state index contributed by atoms with van der Waals surface area (Å²) in [6.45, 7) is 1.99. The quantitative estimate of drug-likeness (QED) is 0.504. The highest BCUT2D eigenvalue weighted by Crippen LogP contribution is 2.44. The molecule has 1 N–H and O–H groups in total. The molecule has 8 heteroatoms. The maximum Gasteiger partial charge on any atom is 0.269 e. The lowest BCUT2D eigenvalue weighted by Gasteiger charge is -2.21. The van der Waals surface area contributed by atoms with Gasteiger partial charge in [-0.2, -0.15) is 0 Å². The van der Waals surface area contributed by atoms with Crippen molar-refractivity contribution < 1.29 is 19.6 Å². The van der Waals surface area contributed by atoms with Crippen molar-refractivity contribution in [3.05, 3.63) is 64.0 Å². The summed E-state index contributed by atoms with van der Waals surface area (Å²) in [5.74, 6) is -1.19. The van der Waals surface area contributed by atoms with Gasteiger partial charge in [0, 0.05) is 30.4 Å². The maximum atomic E-state index is 12.7. The number of non-ortho nitro benzene ring substituents is 1. The molecule has 1 amide bonds. The molecule has 0 aliphatic carbocycles. The smallest absolute Gasteiger partial charge is 0.269 e. The van der Waals surface area contributed by atoms with Crippen molar-refractivity contribution in [2.75, 3.05) is 11.4 Å². The zero-order valence-electron chi connectivity index (χ0n) is 13.4. The summed E-state index contributed by atoms with van der Waals surface area (Å²) in [5, 5.41) is 22.0. The average Bonchev–Trinajstić information content (AvgIpc) is 2.82. The van der Waals surface area contributed by atoms with E-state index >= 15 is 0 Å². The Bertz CT molecular complexity index is 868. The SMILES string of the molecule is CCN1C(=O)C(O)(CC(=O)c2ccccn2)c2cc([N+](=O)[O-])ccc21. The molecule has 1 aromatic carbocycles. The van der Waals surface area contributed by atoms with Crippen molar-refractivity contribution in [2.24, 2.45) is 0 Å². The zero-order chi connectivity index (χ0) is 18.2. The predicted molar refractivity (Wildman–Crippen MR) is 88.2 cm³/mol. The Morgan fingerprint density at radius 3 is 2.72 bits per heavy atom. The van der Waals surface area contributed by atoms with Gasteiger partial charge in [0.25, 0.3) is 11.6 Å². The fourth-order valence-electron chi connectivity index (χ4n) is 2.99. The lowest BCUT2D eigenvalue weighted by molar-refractivity contribution is -0.385. The van der Waals surface area contributed by atoms with Crippen molar-refractivity contribution in [1.82, 2.24) is 4.98 Å². The third kappa shape index (κ3) is 2.66. The molecule has 1 aliphatic rings. The summed E-state index contributed by atoms with van der Waals surface area (Å²) in [4.78, 5) is 40.8. The van der Waals surface area contributed by atoms with E-state index in [4.69, 9.17) is 0 Å². The van der Waals surface area contributed by atoms with Gasteiger partial charge in [-0.25, -0.2) is 0 Å². The molecule has 0 saturated heterocycles. The Kier molecular flexibility index (Phi) is 4.05. The zero-order valence-corrected chi connectivity index (χ0v) is 13.4. The van der Waals surface area contributed by atoms with Crippen LogP contribution in [0, 0.1) is 10.1 Å². The summed E-state index contributed by atoms with van der Waals surface area (Å²) in [5.41, 5.74) is -1.85. The number of hydrogen-bond donors (Lipinski definition) is 1. The van der Waals surface area contributed by atoms with E-state index in [9.17, 15) is 24.8 Å². The summed E-state index contributed by atoms with van der Waals surface area (Å²) in [7, 11) is 0. The number of pyridine rings is 1. The van der Waals surface area contributed by atoms with Gasteiger partial charge in [0.1, 0.15) is 5.69 Å². The first kappa shape index (κ1) is 16.7. The number of rotatable bonds is 5. The van der Waals surface area contributed by atoms with Crippen LogP contribution < -0.4 is 4.90 Å². The van der Waals surface area contributed by atoms with E-state index in [-0.39, 0.29) is 23.5 Å². The number of Topliss-reactive ketones (excluding diaryl/α,β-unsaturated/α-hetero) is 1. The molecule has 0 bridgehead atoms. The molecule has 1 unspecified atom stereocenters. The van der Waals surface area contributed by atoms with Gasteiger partial charge in [-0.3, -0.25) is 24.7 Å². The number of aliphatic hydroxyl groups is 1. The molecular formula is C17H15N3O5. The van der Waals surface area contributed by atoms with Gasteiger partial charge in [0.15, 0.2) is 11.4 Å². The van der Waals surface area contributed by atoms with Gasteiger partial charge in [0.05, 0.1) is 17.0 Å². The monoisotopic (exact) mass is 341 g/mol. The fraction of sp³-hybridized carbons (Fsp3) is 0.235. The van der Waals surface area contributed by atoms with Crippen molar-refractivity contribution in [1.29, 1.82) is 0 Å². The Morgan fingerprint density at radius 1 is 1.36 bits per heavy atom. The van der Waals surface area contributed by atoms with E-state index in [1.807, 2.05) is 0 Å². The number of aromatic nitrogens is 1. The Morgan fingerprint density at radius 2 is 2.12 bits per heavy atom. The van der Waals surface area contributed by atoms with Crippen LogP contribution in [0.3, 0.4) is 0 Å². The van der Waals surface area contributed by atoms with Gasteiger partial charge in [0.2, 0.25) is 0 Å². The van der Waals surface area contributed by atoms with E-state index < -0.39 is 28.6 Å². The lowest BCUT2D eigenvalue weighted by atomic mass is 9.89. The molecule has 2 heterocycles. The first-order valence-corrected chi connectivity index (χ1v) is 7.66. The third-order valence-corrected chi connectivity index (χ3v) is 4.21. The molecule has 0 spiro atoms. The van der Waals surface area contributed by atoms with Crippen LogP contribution in [0.5, 0.6) is 0 Å². The van der Waals surface area contributed by atoms with Crippen LogP contribution in [0.4, 0.5) is 11.4 Å². The Hall–Kier alpha value is -3.13. The molecule has 2 aromatic rings. The van der Waals surface area contributed by atoms with E-state index in [0.717, 1.165) is 6.07 Å². The van der Waals surface area contributed by atoms with Crippen LogP contribution >= 0.6 is 0 Å². The molecule has 1 aromatic heterocycles. The van der Waals surface area contributed by atoms with E-state index in [1.54, 1.807) is 19.1 Å². The maximum absolute atomic E-state index is 12.7. The van der Waals surface area contributed by atoms with Crippen LogP contribution in [0.1, 0.15) is 29.4 Å². The minimum absolute atomic E-state index is 0.0674. The van der Waals surface area contributed by atoms with Crippen LogP contribution in [-0.2, 0) is 10.4 Å². The Balaban J connectivity index is 2.06. The molecule has 1 aliphatic heterocycles. The number of likely N-dealkylation sites (N-methyl/N-ethyl adjacent to an activating group) is 1. The van der Waals surface area contributed by atoms with Crippen LogP contribution in [0.25, 0.3) is 0 Å². The second-order valence-corrected chi connectivity index (χ2v) is 5.68. The summed E-state index contributed by atoms with van der Waals surface area (Å²) in [6.07, 6.45) is 0.901. The number of benzene rings is 1. The number of fused-ring (bicyclic) bond motifs is 1. The second-order valence-electron chi connectivity index (χ2n) is 5.68. The van der Waals surface area contributed by atoms with Crippen molar-refractivity contribution >= 4 is 23.1 Å². The van der Waals surface area contributed by atoms with E-state index in [1.165, 1.54) is 29.3 Å². The van der Waals surface area contributed by atoms with Gasteiger partial charge in [-0.15, -0.1) is 0 Å². The standard InChI is InChI=1S/C17H15N3O5/c1-2-19-14-7-6-11(20(24)25)9-12(14)17(23,16(19)22)10-15(21)13-5-3-4-8-18-13/h3-9,23H,2,10H2,1H3. The van der Waals surface area contributed by atoms with Gasteiger partial charge in [-0.1, -0.05) is 6.07 Å². The predicted octanol–water partition coefficient (Wildman–Crippen LogP) is 1.82. The third-order valence-electron chi connectivity index (χ3n) is 4.21. The highest BCUT2D eigenvalue weighted by atomic mass is 16.6. The molecule has 0 saturated carbocycles. The number of hydrogen-bond acceptors (Lipinski definition) is 6. The molecule has 8 nitrogen and oxygen atoms in total. The number of nitrogens with zero attached hydrogens (tertiary/aromatic N) is 3. The van der Waals surface area contributed by atoms with Crippen LogP contribution in [-0.4, -0.2) is 33.2 Å². The van der Waals surface area contributed by atoms with Gasteiger partial charge < -0.3 is 10.0 Å². The Labute approximate surface area is 142 Å². The molecule has 128 valence electrons. The summed E-state index contributed by atoms with van der Waals surface area (Å²) >= 11 is 0. The first-order chi connectivity index (χ1) is 11.9. The molecule has 0 fully saturated rings. The summed E-state index contributed by atoms with van der Waals surface area (Å²) in [6, 6.07) is 8.58. The molecule has 0 radical (unpaired) electrons. The number of nitro groups is 1. The molecular weight excluding hydrogens is 326 g/mol. The van der Waals surface area contributed by atoms with E-state index in [0.29, 0.717) is 5.69 Å². The van der Waals surface area contributed by atoms with Crippen LogP contribution in [0.2, 0.25) is 0 Å². The number of carbonyl (C=O) groups excluding carboxylic acids is 2. The second kappa shape index (κ2) is 6.06. The van der Waals surface area contributed by atoms with Gasteiger partial charge >= 0.3 is 0 Å². The van der Waals surface area contributed by atoms with Crippen molar-refractivity contribution in [3.63, 3.8) is 0 Å². The molecule has 1 atom stereocenters. The van der Waals surface area contributed by atoms with Crippen molar-refractivity contribution in [2.45, 2.75) is 18.9 Å². The molecule has 25 heavy (non-hydrogen) atoms. The number of nitro benzene ring substituents is 1. The number of anilines is 1. The largest absolute Gasteiger partial charge is 0.375 e. The highest BCUT2D eigenvalue weighted by Gasteiger charge is 2.51. The van der Waals surface area contributed by atoms with Crippen molar-refractivity contribution in [3.8, 4) is 0 Å². The van der Waals surface area contributed by atoms with Gasteiger partial charge in [-0.05, 0) is 25.1 Å². The minimum atomic E-state index is -2.15. The normalized spacial score (nSPS) is 19.0. The number of amides is 1. The number of carbonyl (C=O) groups is 2. The van der Waals surface area contributed by atoms with Crippen LogP contribution in [0.15, 0.2) is 42.6 Å². The highest BCUT2D eigenvalue weighted by molar-refractivity contribution is 6.10.